The topological polar surface area (TPSA) is 78.1 Å². The summed E-state index contributed by atoms with van der Waals surface area (Å²) in [6.07, 6.45) is -4.51. The SMILES string of the molecule is CC(C)[C@@H](Nc1ccc(C(F)(F)F)cc1Cl)C(=O)N(C)Cc1nc2ccccc2c(=O)[nH]1. The van der Waals surface area contributed by atoms with Crippen molar-refractivity contribution in [3.8, 4) is 0 Å². The molecule has 0 spiro atoms. The molecule has 0 saturated carbocycles. The van der Waals surface area contributed by atoms with E-state index in [9.17, 15) is 22.8 Å². The number of para-hydroxylation sites is 1. The first-order chi connectivity index (χ1) is 15.0. The highest BCUT2D eigenvalue weighted by molar-refractivity contribution is 6.33. The highest BCUT2D eigenvalue weighted by atomic mass is 35.5. The fraction of sp³-hybridized carbons (Fsp3) is 0.318. The maximum atomic E-state index is 13.1. The van der Waals surface area contributed by atoms with Crippen LogP contribution in [-0.2, 0) is 17.5 Å². The number of hydrogen-bond donors (Lipinski definition) is 2. The highest BCUT2D eigenvalue weighted by Gasteiger charge is 2.32. The third-order valence-electron chi connectivity index (χ3n) is 4.97. The van der Waals surface area contributed by atoms with Crippen LogP contribution in [0.4, 0.5) is 18.9 Å². The molecule has 0 aliphatic heterocycles. The summed E-state index contributed by atoms with van der Waals surface area (Å²) < 4.78 is 38.7. The van der Waals surface area contributed by atoms with Gasteiger partial charge in [-0.25, -0.2) is 4.98 Å². The smallest absolute Gasteiger partial charge is 0.372 e. The zero-order valence-corrected chi connectivity index (χ0v) is 18.4. The number of benzene rings is 2. The first-order valence-electron chi connectivity index (χ1n) is 9.83. The van der Waals surface area contributed by atoms with Gasteiger partial charge in [-0.05, 0) is 36.2 Å². The van der Waals surface area contributed by atoms with E-state index in [1.54, 1.807) is 45.2 Å². The lowest BCUT2D eigenvalue weighted by molar-refractivity contribution is -0.137. The molecule has 3 aromatic rings. The van der Waals surface area contributed by atoms with E-state index in [1.165, 1.54) is 11.0 Å². The predicted molar refractivity (Wildman–Crippen MR) is 118 cm³/mol. The van der Waals surface area contributed by atoms with Gasteiger partial charge in [-0.2, -0.15) is 13.2 Å². The van der Waals surface area contributed by atoms with E-state index < -0.39 is 17.8 Å². The molecule has 10 heteroatoms. The molecule has 0 bridgehead atoms. The molecule has 1 atom stereocenters. The molecule has 2 N–H and O–H groups in total. The lowest BCUT2D eigenvalue weighted by atomic mass is 10.0. The summed E-state index contributed by atoms with van der Waals surface area (Å²) in [7, 11) is 1.56. The van der Waals surface area contributed by atoms with Gasteiger partial charge in [0.1, 0.15) is 11.9 Å². The second-order valence-electron chi connectivity index (χ2n) is 7.78. The van der Waals surface area contributed by atoms with Gasteiger partial charge in [0.15, 0.2) is 0 Å². The Morgan fingerprint density at radius 2 is 1.91 bits per heavy atom. The number of anilines is 1. The first-order valence-corrected chi connectivity index (χ1v) is 10.2. The van der Waals surface area contributed by atoms with Gasteiger partial charge < -0.3 is 15.2 Å². The van der Waals surface area contributed by atoms with E-state index in [1.807, 2.05) is 0 Å². The molecule has 0 unspecified atom stereocenters. The molecular weight excluding hydrogens is 445 g/mol. The van der Waals surface area contributed by atoms with Crippen molar-refractivity contribution >= 4 is 34.1 Å². The maximum absolute atomic E-state index is 13.1. The molecule has 1 heterocycles. The van der Waals surface area contributed by atoms with Gasteiger partial charge in [-0.15, -0.1) is 0 Å². The van der Waals surface area contributed by atoms with Crippen molar-refractivity contribution in [2.45, 2.75) is 32.6 Å². The first kappa shape index (κ1) is 23.6. The van der Waals surface area contributed by atoms with E-state index in [2.05, 4.69) is 15.3 Å². The zero-order chi connectivity index (χ0) is 23.6. The summed E-state index contributed by atoms with van der Waals surface area (Å²) in [5, 5.41) is 3.26. The second kappa shape index (κ2) is 9.20. The summed E-state index contributed by atoms with van der Waals surface area (Å²) in [6.45, 7) is 3.65. The molecule has 0 aliphatic rings. The Balaban J connectivity index is 1.80. The Bertz CT molecular complexity index is 1190. The van der Waals surface area contributed by atoms with Crippen LogP contribution in [-0.4, -0.2) is 33.9 Å². The Hall–Kier alpha value is -3.07. The van der Waals surface area contributed by atoms with E-state index in [-0.39, 0.29) is 34.6 Å². The number of amides is 1. The minimum absolute atomic E-state index is 0.0462. The van der Waals surface area contributed by atoms with Crippen LogP contribution in [0.25, 0.3) is 10.9 Å². The van der Waals surface area contributed by atoms with Gasteiger partial charge in [-0.3, -0.25) is 9.59 Å². The number of nitrogens with one attached hydrogen (secondary N) is 2. The number of likely N-dealkylation sites (N-methyl/N-ethyl adjacent to an activating group) is 1. The van der Waals surface area contributed by atoms with E-state index in [4.69, 9.17) is 11.6 Å². The van der Waals surface area contributed by atoms with Crippen molar-refractivity contribution in [2.24, 2.45) is 5.92 Å². The van der Waals surface area contributed by atoms with Crippen LogP contribution in [0.5, 0.6) is 0 Å². The Morgan fingerprint density at radius 1 is 1.22 bits per heavy atom. The van der Waals surface area contributed by atoms with Crippen LogP contribution < -0.4 is 10.9 Å². The molecule has 6 nitrogen and oxygen atoms in total. The number of aromatic amines is 1. The van der Waals surface area contributed by atoms with Gasteiger partial charge in [0.25, 0.3) is 5.56 Å². The average molecular weight is 467 g/mol. The molecule has 0 saturated heterocycles. The molecule has 0 aliphatic carbocycles. The third-order valence-corrected chi connectivity index (χ3v) is 5.28. The predicted octanol–water partition coefficient (Wildman–Crippen LogP) is 4.69. The summed E-state index contributed by atoms with van der Waals surface area (Å²) in [5.41, 5.74) is -0.440. The fourth-order valence-corrected chi connectivity index (χ4v) is 3.47. The Labute approximate surface area is 187 Å². The van der Waals surface area contributed by atoms with Gasteiger partial charge in [-0.1, -0.05) is 37.6 Å². The summed E-state index contributed by atoms with van der Waals surface area (Å²) in [5.74, 6) is -0.210. The minimum Gasteiger partial charge on any atom is -0.372 e. The normalized spacial score (nSPS) is 12.8. The van der Waals surface area contributed by atoms with Crippen molar-refractivity contribution in [1.82, 2.24) is 14.9 Å². The number of halogens is 4. The molecule has 3 rings (SSSR count). The average Bonchev–Trinajstić information content (AvgIpc) is 2.71. The molecule has 1 amide bonds. The van der Waals surface area contributed by atoms with Gasteiger partial charge in [0.05, 0.1) is 33.7 Å². The molecule has 170 valence electrons. The third kappa shape index (κ3) is 5.21. The molecule has 1 aromatic heterocycles. The minimum atomic E-state index is -4.51. The molecule has 2 aromatic carbocycles. The van der Waals surface area contributed by atoms with E-state index in [0.29, 0.717) is 16.7 Å². The van der Waals surface area contributed by atoms with Gasteiger partial charge >= 0.3 is 6.18 Å². The van der Waals surface area contributed by atoms with Crippen molar-refractivity contribution in [3.05, 3.63) is 69.2 Å². The van der Waals surface area contributed by atoms with Gasteiger partial charge in [0, 0.05) is 7.05 Å². The maximum Gasteiger partial charge on any atom is 0.416 e. The lowest BCUT2D eigenvalue weighted by Crippen LogP contribution is -2.44. The van der Waals surface area contributed by atoms with Gasteiger partial charge in [0.2, 0.25) is 5.91 Å². The van der Waals surface area contributed by atoms with Crippen molar-refractivity contribution in [2.75, 3.05) is 12.4 Å². The largest absolute Gasteiger partial charge is 0.416 e. The number of H-pyrrole nitrogens is 1. The highest BCUT2D eigenvalue weighted by Crippen LogP contribution is 2.34. The van der Waals surface area contributed by atoms with Crippen LogP contribution in [0.1, 0.15) is 25.2 Å². The number of hydrogen-bond acceptors (Lipinski definition) is 4. The Kier molecular flexibility index (Phi) is 6.78. The number of aromatic nitrogens is 2. The van der Waals surface area contributed by atoms with E-state index in [0.717, 1.165) is 12.1 Å². The lowest BCUT2D eigenvalue weighted by Gasteiger charge is -2.28. The number of nitrogens with zero attached hydrogens (tertiary/aromatic N) is 2. The molecular formula is C22H22ClF3N4O2. The second-order valence-corrected chi connectivity index (χ2v) is 8.19. The van der Waals surface area contributed by atoms with Crippen LogP contribution in [0.2, 0.25) is 5.02 Å². The van der Waals surface area contributed by atoms with Crippen molar-refractivity contribution in [1.29, 1.82) is 0 Å². The Morgan fingerprint density at radius 3 is 2.53 bits per heavy atom. The van der Waals surface area contributed by atoms with Crippen LogP contribution in [0.3, 0.4) is 0 Å². The van der Waals surface area contributed by atoms with Crippen molar-refractivity contribution in [3.63, 3.8) is 0 Å². The van der Waals surface area contributed by atoms with Crippen LogP contribution >= 0.6 is 11.6 Å². The van der Waals surface area contributed by atoms with Crippen molar-refractivity contribution < 1.29 is 18.0 Å². The fourth-order valence-electron chi connectivity index (χ4n) is 3.24. The number of carbonyl (C=O) groups excluding carboxylic acids is 1. The summed E-state index contributed by atoms with van der Waals surface area (Å²) in [4.78, 5) is 33.8. The molecule has 32 heavy (non-hydrogen) atoms. The molecule has 0 fully saturated rings. The zero-order valence-electron chi connectivity index (χ0n) is 17.6. The summed E-state index contributed by atoms with van der Waals surface area (Å²) in [6, 6.07) is 9.04. The summed E-state index contributed by atoms with van der Waals surface area (Å²) >= 11 is 6.03. The standard InChI is InChI=1S/C22H22ClF3N4O2/c1-12(2)19(28-17-9-8-13(10-15(17)23)22(24,25)26)21(32)30(3)11-18-27-16-7-5-4-6-14(16)20(31)29-18/h4-10,12,19,28H,11H2,1-3H3,(H,27,29,31)/t19-/m1/s1. The number of carbonyl (C=O) groups is 1. The van der Waals surface area contributed by atoms with E-state index >= 15 is 0 Å². The van der Waals surface area contributed by atoms with Crippen LogP contribution in [0.15, 0.2) is 47.3 Å². The monoisotopic (exact) mass is 466 g/mol. The number of alkyl halides is 3. The number of fused-ring (bicyclic) bond motifs is 1. The number of rotatable bonds is 6. The van der Waals surface area contributed by atoms with Crippen LogP contribution in [0, 0.1) is 5.92 Å². The molecule has 0 radical (unpaired) electrons. The quantitative estimate of drug-likeness (QED) is 0.552.